The summed E-state index contributed by atoms with van der Waals surface area (Å²) in [6, 6.07) is 5.18. The standard InChI is InChI=1S/C25H21F3N6O/c1-32-24(15-9-18(26)22(28)19(27)10-15)17-11-16-3-2-4-20(23(17)31-32)34(16)25(35)14-5-6-21(30-12-14)33-8-7-29-13-33/h5-10,12-13,16,20H,2-4,11H2,1H3/t16-,20+/m1/s1. The van der Waals surface area contributed by atoms with E-state index in [1.165, 1.54) is 0 Å². The number of aryl methyl sites for hydroxylation is 1. The molecule has 5 heterocycles. The third-order valence-electron chi connectivity index (χ3n) is 6.93. The molecule has 2 atom stereocenters. The first-order valence-corrected chi connectivity index (χ1v) is 11.4. The van der Waals surface area contributed by atoms with Crippen molar-refractivity contribution in [2.24, 2.45) is 7.05 Å². The maximum Gasteiger partial charge on any atom is 0.256 e. The van der Waals surface area contributed by atoms with E-state index in [1.54, 1.807) is 53.3 Å². The van der Waals surface area contributed by atoms with Crippen molar-refractivity contribution < 1.29 is 18.0 Å². The van der Waals surface area contributed by atoms with Crippen LogP contribution in [0.5, 0.6) is 0 Å². The van der Waals surface area contributed by atoms with Crippen LogP contribution in [0.1, 0.15) is 46.9 Å². The quantitative estimate of drug-likeness (QED) is 0.410. The number of aromatic nitrogens is 5. The molecule has 0 radical (unpaired) electrons. The Labute approximate surface area is 198 Å². The van der Waals surface area contributed by atoms with Crippen LogP contribution in [0.15, 0.2) is 49.2 Å². The monoisotopic (exact) mass is 478 g/mol. The maximum absolute atomic E-state index is 14.0. The second-order valence-corrected chi connectivity index (χ2v) is 8.98. The molecule has 35 heavy (non-hydrogen) atoms. The average molecular weight is 478 g/mol. The molecule has 1 fully saturated rings. The van der Waals surface area contributed by atoms with E-state index in [0.717, 1.165) is 42.7 Å². The lowest BCUT2D eigenvalue weighted by atomic mass is 9.81. The molecule has 0 saturated carbocycles. The molecule has 0 aliphatic carbocycles. The van der Waals surface area contributed by atoms with E-state index in [9.17, 15) is 18.0 Å². The molecule has 10 heteroatoms. The van der Waals surface area contributed by atoms with Gasteiger partial charge >= 0.3 is 0 Å². The van der Waals surface area contributed by atoms with Gasteiger partial charge in [0.2, 0.25) is 0 Å². The number of fused-ring (bicyclic) bond motifs is 4. The van der Waals surface area contributed by atoms with Crippen LogP contribution in [-0.2, 0) is 13.5 Å². The topological polar surface area (TPSA) is 68.8 Å². The Bertz CT molecular complexity index is 1410. The zero-order valence-electron chi connectivity index (χ0n) is 18.8. The Hall–Kier alpha value is -3.95. The van der Waals surface area contributed by atoms with Gasteiger partial charge in [0.15, 0.2) is 17.5 Å². The number of benzene rings is 1. The van der Waals surface area contributed by atoms with Gasteiger partial charge in [0.25, 0.3) is 5.91 Å². The molecule has 1 saturated heterocycles. The number of halogens is 3. The SMILES string of the molecule is Cn1nc2c(c1-c1cc(F)c(F)c(F)c1)C[C@H]1CCC[C@@H]2N1C(=O)c1ccc(-n2ccnc2)nc1. The summed E-state index contributed by atoms with van der Waals surface area (Å²) in [7, 11) is 1.70. The van der Waals surface area contributed by atoms with E-state index in [0.29, 0.717) is 23.5 Å². The number of amides is 1. The summed E-state index contributed by atoms with van der Waals surface area (Å²) in [6.07, 6.45) is 9.63. The number of hydrogen-bond acceptors (Lipinski definition) is 4. The molecule has 1 aromatic carbocycles. The summed E-state index contributed by atoms with van der Waals surface area (Å²) in [6.45, 7) is 0. The number of nitrogens with zero attached hydrogens (tertiary/aromatic N) is 6. The molecule has 0 spiro atoms. The molecular formula is C25H21F3N6O. The van der Waals surface area contributed by atoms with E-state index in [-0.39, 0.29) is 23.6 Å². The predicted octanol–water partition coefficient (Wildman–Crippen LogP) is 4.38. The first kappa shape index (κ1) is 21.6. The van der Waals surface area contributed by atoms with Crippen LogP contribution < -0.4 is 0 Å². The van der Waals surface area contributed by atoms with E-state index >= 15 is 0 Å². The van der Waals surface area contributed by atoms with Crippen molar-refractivity contribution in [1.29, 1.82) is 0 Å². The van der Waals surface area contributed by atoms with Crippen LogP contribution in [0.25, 0.3) is 17.1 Å². The van der Waals surface area contributed by atoms with E-state index in [2.05, 4.69) is 15.1 Å². The lowest BCUT2D eigenvalue weighted by Crippen LogP contribution is -2.49. The molecule has 6 rings (SSSR count). The minimum atomic E-state index is -1.49. The highest BCUT2D eigenvalue weighted by Gasteiger charge is 2.43. The number of carbonyl (C=O) groups excluding carboxylic acids is 1. The Kier molecular flexibility index (Phi) is 4.98. The van der Waals surface area contributed by atoms with Gasteiger partial charge in [-0.3, -0.25) is 14.0 Å². The van der Waals surface area contributed by atoms with Crippen LogP contribution in [-0.4, -0.2) is 41.2 Å². The summed E-state index contributed by atoms with van der Waals surface area (Å²) >= 11 is 0. The van der Waals surface area contributed by atoms with Crippen molar-refractivity contribution in [3.05, 3.63) is 83.5 Å². The van der Waals surface area contributed by atoms with Crippen LogP contribution >= 0.6 is 0 Å². The number of carbonyl (C=O) groups is 1. The molecule has 1 amide bonds. The fraction of sp³-hybridized carbons (Fsp3) is 0.280. The highest BCUT2D eigenvalue weighted by Crippen LogP contribution is 2.45. The van der Waals surface area contributed by atoms with Crippen LogP contribution in [0.4, 0.5) is 13.2 Å². The Balaban J connectivity index is 1.37. The molecular weight excluding hydrogens is 457 g/mol. The third kappa shape index (κ3) is 3.43. The second kappa shape index (κ2) is 8.07. The molecule has 0 unspecified atom stereocenters. The van der Waals surface area contributed by atoms with Crippen LogP contribution in [0.3, 0.4) is 0 Å². The van der Waals surface area contributed by atoms with Crippen molar-refractivity contribution in [1.82, 2.24) is 29.2 Å². The molecule has 178 valence electrons. The fourth-order valence-corrected chi connectivity index (χ4v) is 5.41. The summed E-state index contributed by atoms with van der Waals surface area (Å²) in [5, 5.41) is 4.66. The smallest absolute Gasteiger partial charge is 0.256 e. The van der Waals surface area contributed by atoms with Crippen molar-refractivity contribution in [2.75, 3.05) is 0 Å². The van der Waals surface area contributed by atoms with E-state index in [4.69, 9.17) is 0 Å². The Morgan fingerprint density at radius 2 is 1.91 bits per heavy atom. The van der Waals surface area contributed by atoms with Gasteiger partial charge in [0.05, 0.1) is 23.0 Å². The Morgan fingerprint density at radius 3 is 2.60 bits per heavy atom. The van der Waals surface area contributed by atoms with Crippen molar-refractivity contribution in [2.45, 2.75) is 37.8 Å². The fourth-order valence-electron chi connectivity index (χ4n) is 5.41. The zero-order chi connectivity index (χ0) is 24.3. The van der Waals surface area contributed by atoms with Gasteiger partial charge < -0.3 is 4.90 Å². The largest absolute Gasteiger partial charge is 0.327 e. The van der Waals surface area contributed by atoms with Gasteiger partial charge in [0, 0.05) is 42.8 Å². The van der Waals surface area contributed by atoms with Crippen molar-refractivity contribution in [3.63, 3.8) is 0 Å². The lowest BCUT2D eigenvalue weighted by Gasteiger charge is -2.45. The third-order valence-corrected chi connectivity index (χ3v) is 6.93. The summed E-state index contributed by atoms with van der Waals surface area (Å²) < 4.78 is 44.9. The predicted molar refractivity (Wildman–Crippen MR) is 120 cm³/mol. The van der Waals surface area contributed by atoms with Crippen LogP contribution in [0, 0.1) is 17.5 Å². The highest BCUT2D eigenvalue weighted by atomic mass is 19.2. The van der Waals surface area contributed by atoms with Crippen molar-refractivity contribution >= 4 is 5.91 Å². The Morgan fingerprint density at radius 1 is 1.11 bits per heavy atom. The number of piperidine rings is 1. The molecule has 3 aromatic heterocycles. The first-order valence-electron chi connectivity index (χ1n) is 11.4. The number of imidazole rings is 1. The number of pyridine rings is 1. The van der Waals surface area contributed by atoms with Gasteiger partial charge in [0.1, 0.15) is 12.1 Å². The minimum Gasteiger partial charge on any atom is -0.327 e. The van der Waals surface area contributed by atoms with E-state index < -0.39 is 17.5 Å². The summed E-state index contributed by atoms with van der Waals surface area (Å²) in [5.41, 5.74) is 2.83. The molecule has 7 nitrogen and oxygen atoms in total. The van der Waals surface area contributed by atoms with Gasteiger partial charge in [-0.05, 0) is 49.9 Å². The molecule has 0 N–H and O–H groups in total. The normalized spacial score (nSPS) is 19.0. The average Bonchev–Trinajstić information content (AvgIpc) is 3.50. The maximum atomic E-state index is 14.0. The van der Waals surface area contributed by atoms with Crippen LogP contribution in [0.2, 0.25) is 0 Å². The molecule has 2 bridgehead atoms. The zero-order valence-corrected chi connectivity index (χ0v) is 18.8. The molecule has 4 aromatic rings. The molecule has 2 aliphatic heterocycles. The number of rotatable bonds is 3. The summed E-state index contributed by atoms with van der Waals surface area (Å²) in [4.78, 5) is 23.9. The van der Waals surface area contributed by atoms with E-state index in [1.807, 2.05) is 4.90 Å². The van der Waals surface area contributed by atoms with Gasteiger partial charge in [-0.15, -0.1) is 0 Å². The first-order chi connectivity index (χ1) is 16.9. The number of hydrogen-bond donors (Lipinski definition) is 0. The van der Waals surface area contributed by atoms with Gasteiger partial charge in [-0.25, -0.2) is 23.1 Å². The van der Waals surface area contributed by atoms with Gasteiger partial charge in [-0.2, -0.15) is 5.10 Å². The highest BCUT2D eigenvalue weighted by molar-refractivity contribution is 5.95. The lowest BCUT2D eigenvalue weighted by molar-refractivity contribution is 0.0391. The van der Waals surface area contributed by atoms with Crippen molar-refractivity contribution in [3.8, 4) is 17.1 Å². The second-order valence-electron chi connectivity index (χ2n) is 8.98. The van der Waals surface area contributed by atoms with Gasteiger partial charge in [-0.1, -0.05) is 0 Å². The summed E-state index contributed by atoms with van der Waals surface area (Å²) in [5.74, 6) is -3.44. The minimum absolute atomic E-state index is 0.0832. The molecule has 2 aliphatic rings.